The van der Waals surface area contributed by atoms with Gasteiger partial charge in [-0.3, -0.25) is 4.79 Å². The molecule has 0 unspecified atom stereocenters. The standard InChI is InChI=1S/C18H17NO3/c1-13(12-14-8-4-3-5-9-14)17(20)19-16-11-7-6-10-15(16)18(21)22-2/h3-11H,1,12H2,2H3,(H,19,20). The van der Waals surface area contributed by atoms with E-state index in [1.165, 1.54) is 7.11 Å². The fourth-order valence-electron chi connectivity index (χ4n) is 2.01. The number of carbonyl (C=O) groups is 2. The first kappa shape index (κ1) is 15.5. The molecule has 0 aliphatic rings. The molecule has 22 heavy (non-hydrogen) atoms. The monoisotopic (exact) mass is 295 g/mol. The largest absolute Gasteiger partial charge is 0.465 e. The van der Waals surface area contributed by atoms with E-state index >= 15 is 0 Å². The smallest absolute Gasteiger partial charge is 0.339 e. The van der Waals surface area contributed by atoms with Crippen molar-refractivity contribution in [1.82, 2.24) is 0 Å². The molecule has 0 aliphatic carbocycles. The van der Waals surface area contributed by atoms with Crippen LogP contribution in [-0.2, 0) is 16.0 Å². The molecule has 0 atom stereocenters. The molecule has 4 nitrogen and oxygen atoms in total. The molecule has 1 N–H and O–H groups in total. The van der Waals surface area contributed by atoms with Crippen molar-refractivity contribution in [3.05, 3.63) is 77.9 Å². The first-order valence-corrected chi connectivity index (χ1v) is 6.82. The summed E-state index contributed by atoms with van der Waals surface area (Å²) in [5.74, 6) is -0.815. The van der Waals surface area contributed by atoms with Crippen molar-refractivity contribution >= 4 is 17.6 Å². The Bertz CT molecular complexity index is 692. The maximum absolute atomic E-state index is 12.2. The Balaban J connectivity index is 2.09. The van der Waals surface area contributed by atoms with Crippen LogP contribution in [0.25, 0.3) is 0 Å². The number of nitrogens with one attached hydrogen (secondary N) is 1. The van der Waals surface area contributed by atoms with Crippen molar-refractivity contribution in [2.45, 2.75) is 6.42 Å². The van der Waals surface area contributed by atoms with Gasteiger partial charge in [0.25, 0.3) is 5.91 Å². The number of carbonyl (C=O) groups excluding carboxylic acids is 2. The van der Waals surface area contributed by atoms with Gasteiger partial charge in [-0.05, 0) is 17.7 Å². The van der Waals surface area contributed by atoms with Gasteiger partial charge in [-0.25, -0.2) is 4.79 Å². The van der Waals surface area contributed by atoms with Crippen molar-refractivity contribution < 1.29 is 14.3 Å². The Hall–Kier alpha value is -2.88. The van der Waals surface area contributed by atoms with E-state index in [2.05, 4.69) is 11.9 Å². The van der Waals surface area contributed by atoms with Crippen LogP contribution < -0.4 is 5.32 Å². The Morgan fingerprint density at radius 3 is 2.36 bits per heavy atom. The number of ether oxygens (including phenoxy) is 1. The number of anilines is 1. The molecule has 1 amide bonds. The predicted molar refractivity (Wildman–Crippen MR) is 85.7 cm³/mol. The van der Waals surface area contributed by atoms with E-state index < -0.39 is 5.97 Å². The van der Waals surface area contributed by atoms with Crippen molar-refractivity contribution in [2.24, 2.45) is 0 Å². The van der Waals surface area contributed by atoms with Crippen LogP contribution in [0.15, 0.2) is 66.7 Å². The summed E-state index contributed by atoms with van der Waals surface area (Å²) in [7, 11) is 1.30. The molecule has 0 radical (unpaired) electrons. The van der Waals surface area contributed by atoms with Gasteiger partial charge in [0.05, 0.1) is 18.4 Å². The number of amides is 1. The highest BCUT2D eigenvalue weighted by Crippen LogP contribution is 2.17. The fourth-order valence-corrected chi connectivity index (χ4v) is 2.01. The fraction of sp³-hybridized carbons (Fsp3) is 0.111. The third kappa shape index (κ3) is 3.82. The van der Waals surface area contributed by atoms with Crippen LogP contribution in [0, 0.1) is 0 Å². The Morgan fingerprint density at radius 1 is 1.05 bits per heavy atom. The number of esters is 1. The second-order valence-electron chi connectivity index (χ2n) is 4.76. The van der Waals surface area contributed by atoms with Gasteiger partial charge >= 0.3 is 5.97 Å². The minimum absolute atomic E-state index is 0.311. The van der Waals surface area contributed by atoms with E-state index in [-0.39, 0.29) is 5.91 Å². The summed E-state index contributed by atoms with van der Waals surface area (Å²) >= 11 is 0. The van der Waals surface area contributed by atoms with Crippen LogP contribution >= 0.6 is 0 Å². The quantitative estimate of drug-likeness (QED) is 0.680. The van der Waals surface area contributed by atoms with Gasteiger partial charge < -0.3 is 10.1 Å². The molecule has 0 saturated heterocycles. The molecule has 2 aromatic carbocycles. The van der Waals surface area contributed by atoms with Gasteiger partial charge in [0, 0.05) is 12.0 Å². The Morgan fingerprint density at radius 2 is 1.68 bits per heavy atom. The van der Waals surface area contributed by atoms with Gasteiger partial charge in [-0.2, -0.15) is 0 Å². The number of para-hydroxylation sites is 1. The van der Waals surface area contributed by atoms with Crippen molar-refractivity contribution in [2.75, 3.05) is 12.4 Å². The van der Waals surface area contributed by atoms with E-state index in [0.29, 0.717) is 23.2 Å². The Labute approximate surface area is 129 Å². The van der Waals surface area contributed by atoms with Gasteiger partial charge in [-0.1, -0.05) is 49.0 Å². The highest BCUT2D eigenvalue weighted by atomic mass is 16.5. The predicted octanol–water partition coefficient (Wildman–Crippen LogP) is 3.21. The lowest BCUT2D eigenvalue weighted by Crippen LogP contribution is -2.17. The molecule has 4 heteroatoms. The summed E-state index contributed by atoms with van der Waals surface area (Å²) in [6.07, 6.45) is 0.451. The highest BCUT2D eigenvalue weighted by molar-refractivity contribution is 6.07. The van der Waals surface area contributed by atoms with Crippen molar-refractivity contribution in [3.63, 3.8) is 0 Å². The lowest BCUT2D eigenvalue weighted by atomic mass is 10.1. The molecular weight excluding hydrogens is 278 g/mol. The summed E-state index contributed by atoms with van der Waals surface area (Å²) in [4.78, 5) is 23.9. The number of hydrogen-bond acceptors (Lipinski definition) is 3. The van der Waals surface area contributed by atoms with Crippen molar-refractivity contribution in [3.8, 4) is 0 Å². The number of hydrogen-bond donors (Lipinski definition) is 1. The van der Waals surface area contributed by atoms with Crippen molar-refractivity contribution in [1.29, 1.82) is 0 Å². The molecule has 0 aromatic heterocycles. The highest BCUT2D eigenvalue weighted by Gasteiger charge is 2.14. The summed E-state index contributed by atoms with van der Waals surface area (Å²) in [5.41, 5.74) is 2.15. The average Bonchev–Trinajstić information content (AvgIpc) is 2.55. The lowest BCUT2D eigenvalue weighted by Gasteiger charge is -2.11. The molecule has 0 aliphatic heterocycles. The second-order valence-corrected chi connectivity index (χ2v) is 4.76. The summed E-state index contributed by atoms with van der Waals surface area (Å²) in [6, 6.07) is 16.3. The molecule has 2 rings (SSSR count). The van der Waals surface area contributed by atoms with Crippen LogP contribution in [0.2, 0.25) is 0 Å². The van der Waals surface area contributed by atoms with Crippen LogP contribution in [0.1, 0.15) is 15.9 Å². The SMILES string of the molecule is C=C(Cc1ccccc1)C(=O)Nc1ccccc1C(=O)OC. The minimum atomic E-state index is -0.496. The number of benzene rings is 2. The topological polar surface area (TPSA) is 55.4 Å². The first-order chi connectivity index (χ1) is 10.6. The van der Waals surface area contributed by atoms with Crippen LogP contribution in [-0.4, -0.2) is 19.0 Å². The molecule has 0 spiro atoms. The molecule has 0 fully saturated rings. The van der Waals surface area contributed by atoms with E-state index in [1.807, 2.05) is 30.3 Å². The molecule has 0 bridgehead atoms. The zero-order chi connectivity index (χ0) is 15.9. The number of rotatable bonds is 5. The molecule has 0 heterocycles. The average molecular weight is 295 g/mol. The summed E-state index contributed by atoms with van der Waals surface area (Å²) in [5, 5.41) is 2.71. The second kappa shape index (κ2) is 7.22. The molecule has 0 saturated carbocycles. The maximum Gasteiger partial charge on any atom is 0.339 e. The van der Waals surface area contributed by atoms with Gasteiger partial charge in [-0.15, -0.1) is 0 Å². The molecule has 2 aromatic rings. The maximum atomic E-state index is 12.2. The van der Waals surface area contributed by atoms with E-state index in [0.717, 1.165) is 5.56 Å². The molecule has 112 valence electrons. The van der Waals surface area contributed by atoms with Crippen LogP contribution in [0.5, 0.6) is 0 Å². The lowest BCUT2D eigenvalue weighted by molar-refractivity contribution is -0.112. The molecular formula is C18H17NO3. The van der Waals surface area contributed by atoms with E-state index in [1.54, 1.807) is 24.3 Å². The summed E-state index contributed by atoms with van der Waals surface area (Å²) < 4.78 is 4.70. The third-order valence-electron chi connectivity index (χ3n) is 3.16. The zero-order valence-corrected chi connectivity index (χ0v) is 12.3. The Kier molecular flexibility index (Phi) is 5.09. The third-order valence-corrected chi connectivity index (χ3v) is 3.16. The normalized spacial score (nSPS) is 9.86. The zero-order valence-electron chi connectivity index (χ0n) is 12.3. The van der Waals surface area contributed by atoms with E-state index in [9.17, 15) is 9.59 Å². The first-order valence-electron chi connectivity index (χ1n) is 6.82. The minimum Gasteiger partial charge on any atom is -0.465 e. The van der Waals surface area contributed by atoms with Gasteiger partial charge in [0.15, 0.2) is 0 Å². The number of methoxy groups -OCH3 is 1. The van der Waals surface area contributed by atoms with Crippen LogP contribution in [0.4, 0.5) is 5.69 Å². The van der Waals surface area contributed by atoms with Crippen LogP contribution in [0.3, 0.4) is 0 Å². The van der Waals surface area contributed by atoms with Gasteiger partial charge in [0.2, 0.25) is 0 Å². The summed E-state index contributed by atoms with van der Waals surface area (Å²) in [6.45, 7) is 3.81. The van der Waals surface area contributed by atoms with E-state index in [4.69, 9.17) is 4.74 Å². The van der Waals surface area contributed by atoms with Gasteiger partial charge in [0.1, 0.15) is 0 Å².